The summed E-state index contributed by atoms with van der Waals surface area (Å²) in [6.07, 6.45) is 0. The van der Waals surface area contributed by atoms with Crippen molar-refractivity contribution in [2.24, 2.45) is 0 Å². The fraction of sp³-hybridized carbons (Fsp3) is 0.182. The van der Waals surface area contributed by atoms with Crippen LogP contribution in [0.1, 0.15) is 44.6 Å². The second kappa shape index (κ2) is 9.50. The molecule has 0 aliphatic heterocycles. The second-order valence-electron chi connectivity index (χ2n) is 9.40. The van der Waals surface area contributed by atoms with Crippen LogP contribution in [0, 0.1) is 6.92 Å². The van der Waals surface area contributed by atoms with E-state index in [0.717, 1.165) is 17.0 Å². The molecule has 3 nitrogen and oxygen atoms in total. The van der Waals surface area contributed by atoms with Crippen molar-refractivity contribution in [3.8, 4) is 45.0 Å². The molecule has 178 valence electrons. The molecule has 0 radical (unpaired) electrons. The Bertz CT molecular complexity index is 1520. The van der Waals surface area contributed by atoms with Gasteiger partial charge < -0.3 is 0 Å². The molecule has 1 aliphatic rings. The lowest BCUT2D eigenvalue weighted by Crippen LogP contribution is -2.15. The third-order valence-corrected chi connectivity index (χ3v) is 6.84. The van der Waals surface area contributed by atoms with Crippen molar-refractivity contribution in [3.05, 3.63) is 114 Å². The normalized spacial score (nSPS) is 12.8. The molecule has 0 saturated carbocycles. The summed E-state index contributed by atoms with van der Waals surface area (Å²) >= 11 is 0. The Morgan fingerprint density at radius 2 is 1.03 bits per heavy atom. The van der Waals surface area contributed by atoms with Crippen molar-refractivity contribution < 1.29 is 0 Å². The molecule has 3 heteroatoms. The van der Waals surface area contributed by atoms with Crippen LogP contribution in [0.3, 0.4) is 0 Å². The van der Waals surface area contributed by atoms with Gasteiger partial charge >= 0.3 is 0 Å². The summed E-state index contributed by atoms with van der Waals surface area (Å²) in [4.78, 5) is 14.2. The minimum atomic E-state index is -0.0554. The van der Waals surface area contributed by atoms with Crippen LogP contribution in [-0.2, 0) is 5.41 Å². The lowest BCUT2D eigenvalue weighted by Gasteiger charge is -2.21. The molecule has 6 rings (SSSR count). The molecule has 0 N–H and O–H groups in total. The molecular weight excluding hydrogens is 438 g/mol. The molecule has 0 atom stereocenters. The Morgan fingerprint density at radius 1 is 0.500 bits per heavy atom. The van der Waals surface area contributed by atoms with Crippen molar-refractivity contribution in [3.63, 3.8) is 0 Å². The fourth-order valence-electron chi connectivity index (χ4n) is 5.03. The van der Waals surface area contributed by atoms with Gasteiger partial charge in [0, 0.05) is 16.5 Å². The first-order valence-corrected chi connectivity index (χ1v) is 12.6. The Labute approximate surface area is 214 Å². The van der Waals surface area contributed by atoms with Crippen molar-refractivity contribution >= 4 is 0 Å². The molecule has 0 amide bonds. The standard InChI is InChI=1S/C31H25N3.C2H6/c1-20-32-29(23-15-13-22(14-16-23)21-9-5-4-6-10-21)34-30(33-20)24-17-18-26-25-11-7-8-12-27(25)31(2,3)28(26)19-24;1-2/h4-19H,1-3H3;1-2H3. The molecule has 36 heavy (non-hydrogen) atoms. The number of hydrogen-bond acceptors (Lipinski definition) is 3. The summed E-state index contributed by atoms with van der Waals surface area (Å²) in [6.45, 7) is 10.5. The average molecular weight is 470 g/mol. The molecule has 1 aromatic heterocycles. The second-order valence-corrected chi connectivity index (χ2v) is 9.40. The van der Waals surface area contributed by atoms with Gasteiger partial charge in [-0.1, -0.05) is 119 Å². The molecule has 0 saturated heterocycles. The van der Waals surface area contributed by atoms with Crippen molar-refractivity contribution in [1.29, 1.82) is 0 Å². The molecule has 0 unspecified atom stereocenters. The van der Waals surface area contributed by atoms with Gasteiger partial charge in [0.25, 0.3) is 0 Å². The van der Waals surface area contributed by atoms with E-state index in [1.807, 2.05) is 26.8 Å². The van der Waals surface area contributed by atoms with E-state index >= 15 is 0 Å². The van der Waals surface area contributed by atoms with Crippen LogP contribution in [-0.4, -0.2) is 15.0 Å². The van der Waals surface area contributed by atoms with E-state index in [1.165, 1.54) is 33.4 Å². The predicted molar refractivity (Wildman–Crippen MR) is 150 cm³/mol. The van der Waals surface area contributed by atoms with Gasteiger partial charge in [-0.2, -0.15) is 0 Å². The summed E-state index contributed by atoms with van der Waals surface area (Å²) in [7, 11) is 0. The van der Waals surface area contributed by atoms with E-state index in [4.69, 9.17) is 9.97 Å². The number of fused-ring (bicyclic) bond motifs is 3. The van der Waals surface area contributed by atoms with E-state index in [2.05, 4.69) is 110 Å². The lowest BCUT2D eigenvalue weighted by molar-refractivity contribution is 0.660. The summed E-state index contributed by atoms with van der Waals surface area (Å²) < 4.78 is 0. The van der Waals surface area contributed by atoms with Gasteiger partial charge in [0.1, 0.15) is 5.82 Å². The molecule has 1 heterocycles. The summed E-state index contributed by atoms with van der Waals surface area (Å²) in [5, 5.41) is 0. The first-order valence-electron chi connectivity index (χ1n) is 12.6. The van der Waals surface area contributed by atoms with Gasteiger partial charge in [-0.15, -0.1) is 0 Å². The number of benzene rings is 4. The first-order chi connectivity index (χ1) is 17.5. The Balaban J connectivity index is 0.00000130. The van der Waals surface area contributed by atoms with Gasteiger partial charge in [-0.05, 0) is 46.4 Å². The maximum atomic E-state index is 4.88. The van der Waals surface area contributed by atoms with E-state index in [1.54, 1.807) is 0 Å². The number of hydrogen-bond donors (Lipinski definition) is 0. The highest BCUT2D eigenvalue weighted by Gasteiger charge is 2.35. The summed E-state index contributed by atoms with van der Waals surface area (Å²) in [5.74, 6) is 2.13. The Morgan fingerprint density at radius 3 is 1.75 bits per heavy atom. The van der Waals surface area contributed by atoms with Gasteiger partial charge in [-0.25, -0.2) is 15.0 Å². The topological polar surface area (TPSA) is 38.7 Å². The van der Waals surface area contributed by atoms with Gasteiger partial charge in [0.2, 0.25) is 0 Å². The number of nitrogens with zero attached hydrogens (tertiary/aromatic N) is 3. The monoisotopic (exact) mass is 469 g/mol. The molecule has 4 aromatic carbocycles. The van der Waals surface area contributed by atoms with Gasteiger partial charge in [0.15, 0.2) is 11.6 Å². The van der Waals surface area contributed by atoms with Gasteiger partial charge in [0.05, 0.1) is 0 Å². The van der Waals surface area contributed by atoms with Gasteiger partial charge in [-0.3, -0.25) is 0 Å². The quantitative estimate of drug-likeness (QED) is 0.266. The molecule has 0 spiro atoms. The maximum Gasteiger partial charge on any atom is 0.163 e. The van der Waals surface area contributed by atoms with Crippen molar-refractivity contribution in [2.75, 3.05) is 0 Å². The highest BCUT2D eigenvalue weighted by Crippen LogP contribution is 2.49. The van der Waals surface area contributed by atoms with E-state index < -0.39 is 0 Å². The van der Waals surface area contributed by atoms with Crippen LogP contribution >= 0.6 is 0 Å². The number of aryl methyl sites for hydroxylation is 1. The highest BCUT2D eigenvalue weighted by atomic mass is 15.0. The third-order valence-electron chi connectivity index (χ3n) is 6.84. The molecule has 5 aromatic rings. The zero-order valence-corrected chi connectivity index (χ0v) is 21.6. The van der Waals surface area contributed by atoms with Crippen LogP contribution in [0.2, 0.25) is 0 Å². The van der Waals surface area contributed by atoms with Crippen LogP contribution < -0.4 is 0 Å². The fourth-order valence-corrected chi connectivity index (χ4v) is 5.03. The van der Waals surface area contributed by atoms with Crippen molar-refractivity contribution in [2.45, 2.75) is 40.0 Å². The third kappa shape index (κ3) is 4.11. The number of rotatable bonds is 3. The largest absolute Gasteiger partial charge is 0.213 e. The van der Waals surface area contributed by atoms with Crippen LogP contribution in [0.4, 0.5) is 0 Å². The minimum absolute atomic E-state index is 0.0554. The average Bonchev–Trinajstić information content (AvgIpc) is 3.16. The predicted octanol–water partition coefficient (Wildman–Crippen LogP) is 8.51. The SMILES string of the molecule is CC.Cc1nc(-c2ccc(-c3ccccc3)cc2)nc(-c2ccc3c(c2)C(C)(C)c2ccccc2-3)n1. The summed E-state index contributed by atoms with van der Waals surface area (Å²) in [5.41, 5.74) is 9.63. The Hall–Kier alpha value is -4.11. The van der Waals surface area contributed by atoms with Crippen molar-refractivity contribution in [1.82, 2.24) is 15.0 Å². The van der Waals surface area contributed by atoms with E-state index in [-0.39, 0.29) is 5.41 Å². The lowest BCUT2D eigenvalue weighted by atomic mass is 9.82. The highest BCUT2D eigenvalue weighted by molar-refractivity contribution is 5.83. The smallest absolute Gasteiger partial charge is 0.163 e. The zero-order chi connectivity index (χ0) is 25.3. The number of aromatic nitrogens is 3. The summed E-state index contributed by atoms with van der Waals surface area (Å²) in [6, 6.07) is 34.1. The molecule has 1 aliphatic carbocycles. The van der Waals surface area contributed by atoms with Crippen LogP contribution in [0.15, 0.2) is 97.1 Å². The zero-order valence-electron chi connectivity index (χ0n) is 21.6. The minimum Gasteiger partial charge on any atom is -0.213 e. The first kappa shape index (κ1) is 23.6. The maximum absolute atomic E-state index is 4.88. The van der Waals surface area contributed by atoms with Crippen LogP contribution in [0.25, 0.3) is 45.0 Å². The van der Waals surface area contributed by atoms with E-state index in [9.17, 15) is 0 Å². The van der Waals surface area contributed by atoms with Crippen LogP contribution in [0.5, 0.6) is 0 Å². The molecule has 0 fully saturated rings. The van der Waals surface area contributed by atoms with E-state index in [0.29, 0.717) is 11.6 Å². The molecular formula is C33H31N3. The Kier molecular flexibility index (Phi) is 6.24. The molecule has 0 bridgehead atoms.